The standard InChI is InChI=1S/C9H18N4O2S/c1-2-10-5-8-16(14,15)12-4-7-13-6-3-11-9-13/h3,6,9-10,12H,2,4-5,7-8H2,1H3. The number of aromatic nitrogens is 2. The summed E-state index contributed by atoms with van der Waals surface area (Å²) in [6.07, 6.45) is 5.12. The number of hydrogen-bond acceptors (Lipinski definition) is 4. The van der Waals surface area contributed by atoms with Gasteiger partial charge in [0.25, 0.3) is 0 Å². The van der Waals surface area contributed by atoms with Crippen molar-refractivity contribution in [3.05, 3.63) is 18.7 Å². The molecule has 0 spiro atoms. The molecule has 0 saturated carbocycles. The first kappa shape index (κ1) is 13.1. The highest BCUT2D eigenvalue weighted by atomic mass is 32.2. The van der Waals surface area contributed by atoms with E-state index in [0.717, 1.165) is 6.54 Å². The molecule has 0 saturated heterocycles. The van der Waals surface area contributed by atoms with Crippen LogP contribution in [-0.2, 0) is 16.6 Å². The molecule has 2 N–H and O–H groups in total. The number of rotatable bonds is 8. The van der Waals surface area contributed by atoms with Crippen molar-refractivity contribution in [2.24, 2.45) is 0 Å². The minimum atomic E-state index is -3.15. The largest absolute Gasteiger partial charge is 0.336 e. The van der Waals surface area contributed by atoms with Crippen molar-refractivity contribution in [3.8, 4) is 0 Å². The van der Waals surface area contributed by atoms with Crippen LogP contribution in [0.5, 0.6) is 0 Å². The predicted octanol–water partition coefficient (Wildman–Crippen LogP) is -0.588. The highest BCUT2D eigenvalue weighted by Gasteiger charge is 2.07. The van der Waals surface area contributed by atoms with Crippen LogP contribution in [-0.4, -0.2) is 43.4 Å². The molecular formula is C9H18N4O2S. The summed E-state index contributed by atoms with van der Waals surface area (Å²) < 4.78 is 27.3. The van der Waals surface area contributed by atoms with Crippen LogP contribution in [0.1, 0.15) is 6.92 Å². The van der Waals surface area contributed by atoms with Crippen molar-refractivity contribution >= 4 is 10.0 Å². The van der Waals surface area contributed by atoms with Gasteiger partial charge >= 0.3 is 0 Å². The van der Waals surface area contributed by atoms with Crippen molar-refractivity contribution in [2.75, 3.05) is 25.4 Å². The van der Waals surface area contributed by atoms with E-state index in [-0.39, 0.29) is 5.75 Å². The molecule has 0 amide bonds. The third-order valence-corrected chi connectivity index (χ3v) is 3.43. The molecule has 0 fully saturated rings. The molecule has 6 nitrogen and oxygen atoms in total. The monoisotopic (exact) mass is 246 g/mol. The molecule has 1 rings (SSSR count). The molecule has 0 aliphatic rings. The number of sulfonamides is 1. The molecule has 0 aliphatic carbocycles. The minimum absolute atomic E-state index is 0.116. The first-order valence-electron chi connectivity index (χ1n) is 5.28. The van der Waals surface area contributed by atoms with Crippen molar-refractivity contribution in [1.29, 1.82) is 0 Å². The van der Waals surface area contributed by atoms with Crippen LogP contribution in [0.2, 0.25) is 0 Å². The Balaban J connectivity index is 2.20. The van der Waals surface area contributed by atoms with E-state index in [1.54, 1.807) is 18.7 Å². The van der Waals surface area contributed by atoms with Crippen molar-refractivity contribution in [1.82, 2.24) is 19.6 Å². The zero-order valence-corrected chi connectivity index (χ0v) is 10.2. The quantitative estimate of drug-likeness (QED) is 0.601. The first-order valence-corrected chi connectivity index (χ1v) is 6.93. The summed E-state index contributed by atoms with van der Waals surface area (Å²) in [7, 11) is -3.15. The molecule has 0 bridgehead atoms. The van der Waals surface area contributed by atoms with Crippen molar-refractivity contribution < 1.29 is 8.42 Å². The second-order valence-corrected chi connectivity index (χ2v) is 5.29. The van der Waals surface area contributed by atoms with Crippen molar-refractivity contribution in [3.63, 3.8) is 0 Å². The molecule has 0 aliphatic heterocycles. The summed E-state index contributed by atoms with van der Waals surface area (Å²) in [4.78, 5) is 3.87. The summed E-state index contributed by atoms with van der Waals surface area (Å²) in [5, 5.41) is 2.97. The van der Waals surface area contributed by atoms with E-state index >= 15 is 0 Å². The van der Waals surface area contributed by atoms with Gasteiger partial charge in [-0.1, -0.05) is 6.92 Å². The Morgan fingerprint density at radius 1 is 1.38 bits per heavy atom. The Labute approximate surface area is 96.1 Å². The van der Waals surface area contributed by atoms with E-state index in [9.17, 15) is 8.42 Å². The average molecular weight is 246 g/mol. The molecule has 1 aromatic heterocycles. The smallest absolute Gasteiger partial charge is 0.212 e. The zero-order valence-electron chi connectivity index (χ0n) is 9.39. The average Bonchev–Trinajstić information content (AvgIpc) is 2.70. The van der Waals surface area contributed by atoms with Gasteiger partial charge in [0.2, 0.25) is 10.0 Å². The third kappa shape index (κ3) is 5.24. The maximum absolute atomic E-state index is 11.5. The van der Waals surface area contributed by atoms with Gasteiger partial charge in [0.1, 0.15) is 0 Å². The number of imidazole rings is 1. The fourth-order valence-corrected chi connectivity index (χ4v) is 2.16. The van der Waals surface area contributed by atoms with E-state index in [1.165, 1.54) is 0 Å². The van der Waals surface area contributed by atoms with Gasteiger partial charge in [-0.25, -0.2) is 18.1 Å². The van der Waals surface area contributed by atoms with Crippen molar-refractivity contribution in [2.45, 2.75) is 13.5 Å². The molecule has 0 radical (unpaired) electrons. The lowest BCUT2D eigenvalue weighted by Gasteiger charge is -2.07. The van der Waals surface area contributed by atoms with E-state index in [1.807, 2.05) is 11.5 Å². The van der Waals surface area contributed by atoms with Crippen LogP contribution in [0.15, 0.2) is 18.7 Å². The predicted molar refractivity (Wildman–Crippen MR) is 62.6 cm³/mol. The Hall–Kier alpha value is -0.920. The van der Waals surface area contributed by atoms with Gasteiger partial charge in [-0.2, -0.15) is 0 Å². The number of nitrogens with one attached hydrogen (secondary N) is 2. The van der Waals surface area contributed by atoms with E-state index < -0.39 is 10.0 Å². The SMILES string of the molecule is CCNCCS(=O)(=O)NCCn1ccnc1. The van der Waals surface area contributed by atoms with Crippen LogP contribution in [0.3, 0.4) is 0 Å². The van der Waals surface area contributed by atoms with Crippen LogP contribution in [0.4, 0.5) is 0 Å². The van der Waals surface area contributed by atoms with Gasteiger partial charge < -0.3 is 9.88 Å². The van der Waals surface area contributed by atoms with Crippen LogP contribution in [0.25, 0.3) is 0 Å². The molecule has 0 unspecified atom stereocenters. The maximum Gasteiger partial charge on any atom is 0.212 e. The lowest BCUT2D eigenvalue weighted by Crippen LogP contribution is -2.33. The van der Waals surface area contributed by atoms with Crippen LogP contribution >= 0.6 is 0 Å². The molecule has 1 heterocycles. The molecular weight excluding hydrogens is 228 g/mol. The molecule has 7 heteroatoms. The van der Waals surface area contributed by atoms with Gasteiger partial charge in [-0.05, 0) is 6.54 Å². The number of hydrogen-bond donors (Lipinski definition) is 2. The fraction of sp³-hybridized carbons (Fsp3) is 0.667. The molecule has 16 heavy (non-hydrogen) atoms. The summed E-state index contributed by atoms with van der Waals surface area (Å²) >= 11 is 0. The third-order valence-electron chi connectivity index (χ3n) is 2.05. The highest BCUT2D eigenvalue weighted by Crippen LogP contribution is 1.87. The normalized spacial score (nSPS) is 11.8. The van der Waals surface area contributed by atoms with Crippen LogP contribution < -0.4 is 10.0 Å². The second kappa shape index (κ2) is 6.62. The lowest BCUT2D eigenvalue weighted by molar-refractivity contribution is 0.569. The second-order valence-electron chi connectivity index (χ2n) is 3.37. The van der Waals surface area contributed by atoms with E-state index in [4.69, 9.17) is 0 Å². The highest BCUT2D eigenvalue weighted by molar-refractivity contribution is 7.89. The Kier molecular flexibility index (Phi) is 5.44. The Morgan fingerprint density at radius 2 is 2.19 bits per heavy atom. The van der Waals surface area contributed by atoms with E-state index in [2.05, 4.69) is 15.0 Å². The summed E-state index contributed by atoms with van der Waals surface area (Å²) in [6.45, 7) is 4.20. The Bertz CT molecular complexity index is 374. The zero-order chi connectivity index (χ0) is 11.9. The minimum Gasteiger partial charge on any atom is -0.336 e. The molecule has 0 aromatic carbocycles. The molecule has 92 valence electrons. The van der Waals surface area contributed by atoms with Gasteiger partial charge in [0.05, 0.1) is 12.1 Å². The van der Waals surface area contributed by atoms with Gasteiger partial charge in [-0.15, -0.1) is 0 Å². The molecule has 0 atom stereocenters. The Morgan fingerprint density at radius 3 is 2.81 bits per heavy atom. The van der Waals surface area contributed by atoms with E-state index in [0.29, 0.717) is 19.6 Å². The van der Waals surface area contributed by atoms with Gasteiger partial charge in [0, 0.05) is 32.0 Å². The molecule has 1 aromatic rings. The topological polar surface area (TPSA) is 76.0 Å². The summed E-state index contributed by atoms with van der Waals surface area (Å²) in [5.74, 6) is 0.116. The van der Waals surface area contributed by atoms with Gasteiger partial charge in [-0.3, -0.25) is 0 Å². The maximum atomic E-state index is 11.5. The summed E-state index contributed by atoms with van der Waals surface area (Å²) in [5.41, 5.74) is 0. The van der Waals surface area contributed by atoms with Gasteiger partial charge in [0.15, 0.2) is 0 Å². The van der Waals surface area contributed by atoms with Crippen LogP contribution in [0, 0.1) is 0 Å². The summed E-state index contributed by atoms with van der Waals surface area (Å²) in [6, 6.07) is 0. The lowest BCUT2D eigenvalue weighted by atomic mass is 10.6. The first-order chi connectivity index (χ1) is 7.64. The fourth-order valence-electron chi connectivity index (χ4n) is 1.20. The number of nitrogens with zero attached hydrogens (tertiary/aromatic N) is 2.